The first-order chi connectivity index (χ1) is 8.86. The second-order valence-corrected chi connectivity index (χ2v) is 4.15. The predicted molar refractivity (Wildman–Crippen MR) is 66.2 cm³/mol. The second-order valence-electron chi connectivity index (χ2n) is 4.15. The molecule has 0 heterocycles. The molecule has 0 saturated carbocycles. The number of nitrogens with zero attached hydrogens (tertiary/aromatic N) is 1. The minimum atomic E-state index is -4.44. The quantitative estimate of drug-likeness (QED) is 0.865. The number of halogens is 3. The highest BCUT2D eigenvalue weighted by Gasteiger charge is 2.34. The molecule has 0 aliphatic heterocycles. The van der Waals surface area contributed by atoms with E-state index in [9.17, 15) is 18.0 Å². The molecular formula is C13H16F3NO2. The molecule has 106 valence electrons. The van der Waals surface area contributed by atoms with Crippen molar-refractivity contribution in [1.29, 1.82) is 0 Å². The zero-order chi connectivity index (χ0) is 14.5. The summed E-state index contributed by atoms with van der Waals surface area (Å²) in [6.07, 6.45) is -3.98. The highest BCUT2D eigenvalue weighted by molar-refractivity contribution is 5.68. The molecule has 1 aromatic rings. The molecule has 0 fully saturated rings. The Morgan fingerprint density at radius 1 is 1.26 bits per heavy atom. The SMILES string of the molecule is CCCN(CCC(=O)O)c1ccccc1C(F)(F)F. The van der Waals surface area contributed by atoms with Gasteiger partial charge in [-0.3, -0.25) is 4.79 Å². The molecule has 1 N–H and O–H groups in total. The zero-order valence-corrected chi connectivity index (χ0v) is 10.6. The molecule has 1 rings (SSSR count). The maximum Gasteiger partial charge on any atom is 0.418 e. The maximum absolute atomic E-state index is 12.9. The number of alkyl halides is 3. The van der Waals surface area contributed by atoms with Crippen LogP contribution in [0.1, 0.15) is 25.3 Å². The van der Waals surface area contributed by atoms with E-state index in [4.69, 9.17) is 5.11 Å². The molecule has 0 aromatic heterocycles. The Balaban J connectivity index is 3.04. The van der Waals surface area contributed by atoms with E-state index in [0.717, 1.165) is 6.07 Å². The summed E-state index contributed by atoms with van der Waals surface area (Å²) in [7, 11) is 0. The number of carboxylic acid groups (broad SMARTS) is 1. The topological polar surface area (TPSA) is 40.5 Å². The number of carbonyl (C=O) groups is 1. The third-order valence-corrected chi connectivity index (χ3v) is 2.64. The van der Waals surface area contributed by atoms with Crippen molar-refractivity contribution in [3.8, 4) is 0 Å². The largest absolute Gasteiger partial charge is 0.481 e. The van der Waals surface area contributed by atoms with Crippen LogP contribution in [0, 0.1) is 0 Å². The van der Waals surface area contributed by atoms with Crippen LogP contribution in [-0.2, 0) is 11.0 Å². The fourth-order valence-corrected chi connectivity index (χ4v) is 1.84. The molecule has 0 amide bonds. The van der Waals surface area contributed by atoms with E-state index >= 15 is 0 Å². The van der Waals surface area contributed by atoms with Crippen molar-refractivity contribution < 1.29 is 23.1 Å². The lowest BCUT2D eigenvalue weighted by Crippen LogP contribution is -2.29. The Labute approximate surface area is 109 Å². The smallest absolute Gasteiger partial charge is 0.418 e. The summed E-state index contributed by atoms with van der Waals surface area (Å²) in [6, 6.07) is 5.24. The Kier molecular flexibility index (Phi) is 5.20. The average Bonchev–Trinajstić information content (AvgIpc) is 2.33. The summed E-state index contributed by atoms with van der Waals surface area (Å²) in [4.78, 5) is 12.0. The molecule has 1 aromatic carbocycles. The van der Waals surface area contributed by atoms with Crippen molar-refractivity contribution in [2.75, 3.05) is 18.0 Å². The van der Waals surface area contributed by atoms with Gasteiger partial charge in [0.15, 0.2) is 0 Å². The van der Waals surface area contributed by atoms with Gasteiger partial charge in [0.1, 0.15) is 0 Å². The van der Waals surface area contributed by atoms with Crippen LogP contribution in [0.5, 0.6) is 0 Å². The van der Waals surface area contributed by atoms with Crippen molar-refractivity contribution in [2.45, 2.75) is 25.9 Å². The number of rotatable bonds is 6. The zero-order valence-electron chi connectivity index (χ0n) is 10.6. The monoisotopic (exact) mass is 275 g/mol. The number of hydrogen-bond donors (Lipinski definition) is 1. The molecule has 0 radical (unpaired) electrons. The molecule has 0 bridgehead atoms. The Bertz CT molecular complexity index is 432. The first kappa shape index (κ1) is 15.3. The predicted octanol–water partition coefficient (Wildman–Crippen LogP) is 3.40. The molecule has 0 spiro atoms. The van der Waals surface area contributed by atoms with Crippen LogP contribution in [0.2, 0.25) is 0 Å². The molecule has 0 saturated heterocycles. The van der Waals surface area contributed by atoms with Crippen molar-refractivity contribution in [1.82, 2.24) is 0 Å². The number of para-hydroxylation sites is 1. The van der Waals surface area contributed by atoms with Gasteiger partial charge in [-0.2, -0.15) is 13.2 Å². The van der Waals surface area contributed by atoms with Gasteiger partial charge in [-0.15, -0.1) is 0 Å². The first-order valence-corrected chi connectivity index (χ1v) is 5.99. The molecule has 0 aliphatic carbocycles. The lowest BCUT2D eigenvalue weighted by Gasteiger charge is -2.26. The molecule has 6 heteroatoms. The fourth-order valence-electron chi connectivity index (χ4n) is 1.84. The minimum Gasteiger partial charge on any atom is -0.481 e. The number of anilines is 1. The Hall–Kier alpha value is -1.72. The van der Waals surface area contributed by atoms with E-state index in [1.807, 2.05) is 6.92 Å². The summed E-state index contributed by atoms with van der Waals surface area (Å²) >= 11 is 0. The van der Waals surface area contributed by atoms with Crippen molar-refractivity contribution in [3.05, 3.63) is 29.8 Å². The minimum absolute atomic E-state index is 0.0399. The first-order valence-electron chi connectivity index (χ1n) is 5.99. The summed E-state index contributed by atoms with van der Waals surface area (Å²) in [5.41, 5.74) is -0.688. The molecule has 0 unspecified atom stereocenters. The fraction of sp³-hybridized carbons (Fsp3) is 0.462. The normalized spacial score (nSPS) is 11.4. The van der Waals surface area contributed by atoms with Crippen LogP contribution >= 0.6 is 0 Å². The van der Waals surface area contributed by atoms with Crippen molar-refractivity contribution in [2.24, 2.45) is 0 Å². The average molecular weight is 275 g/mol. The standard InChI is InChI=1S/C13H16F3NO2/c1-2-8-17(9-7-12(18)19)11-6-4-3-5-10(11)13(14,15)16/h3-6H,2,7-9H2,1H3,(H,18,19). The van der Waals surface area contributed by atoms with Crippen molar-refractivity contribution >= 4 is 11.7 Å². The lowest BCUT2D eigenvalue weighted by molar-refractivity contribution is -0.137. The van der Waals surface area contributed by atoms with Gasteiger partial charge in [-0.05, 0) is 18.6 Å². The van der Waals surface area contributed by atoms with E-state index in [1.165, 1.54) is 23.1 Å². The summed E-state index contributed by atoms with van der Waals surface area (Å²) in [6.45, 7) is 2.29. The number of hydrogen-bond acceptors (Lipinski definition) is 2. The van der Waals surface area contributed by atoms with Gasteiger partial charge in [0.05, 0.1) is 12.0 Å². The van der Waals surface area contributed by atoms with E-state index in [0.29, 0.717) is 13.0 Å². The van der Waals surface area contributed by atoms with Gasteiger partial charge in [-0.25, -0.2) is 0 Å². The maximum atomic E-state index is 12.9. The summed E-state index contributed by atoms with van der Waals surface area (Å²) in [5.74, 6) is -1.02. The molecule has 3 nitrogen and oxygen atoms in total. The highest BCUT2D eigenvalue weighted by Crippen LogP contribution is 2.36. The van der Waals surface area contributed by atoms with Gasteiger partial charge < -0.3 is 10.0 Å². The summed E-state index contributed by atoms with van der Waals surface area (Å²) in [5, 5.41) is 8.66. The van der Waals surface area contributed by atoms with Gasteiger partial charge in [0, 0.05) is 18.8 Å². The van der Waals surface area contributed by atoms with Gasteiger partial charge in [-0.1, -0.05) is 19.1 Å². The van der Waals surface area contributed by atoms with E-state index < -0.39 is 17.7 Å². The van der Waals surface area contributed by atoms with E-state index in [-0.39, 0.29) is 18.7 Å². The van der Waals surface area contributed by atoms with Crippen LogP contribution in [0.3, 0.4) is 0 Å². The van der Waals surface area contributed by atoms with Crippen LogP contribution in [0.25, 0.3) is 0 Å². The Morgan fingerprint density at radius 3 is 2.42 bits per heavy atom. The van der Waals surface area contributed by atoms with Gasteiger partial charge in [0.2, 0.25) is 0 Å². The van der Waals surface area contributed by atoms with E-state index in [2.05, 4.69) is 0 Å². The molecule has 19 heavy (non-hydrogen) atoms. The van der Waals surface area contributed by atoms with Gasteiger partial charge in [0.25, 0.3) is 0 Å². The number of benzene rings is 1. The van der Waals surface area contributed by atoms with Crippen LogP contribution in [0.15, 0.2) is 24.3 Å². The third-order valence-electron chi connectivity index (χ3n) is 2.64. The van der Waals surface area contributed by atoms with Crippen molar-refractivity contribution in [3.63, 3.8) is 0 Å². The third kappa shape index (κ3) is 4.46. The summed E-state index contributed by atoms with van der Waals surface area (Å²) < 4.78 is 38.7. The molecular weight excluding hydrogens is 259 g/mol. The lowest BCUT2D eigenvalue weighted by atomic mass is 10.1. The van der Waals surface area contributed by atoms with E-state index in [1.54, 1.807) is 0 Å². The number of carboxylic acids is 1. The Morgan fingerprint density at radius 2 is 1.89 bits per heavy atom. The van der Waals surface area contributed by atoms with Crippen LogP contribution < -0.4 is 4.90 Å². The second kappa shape index (κ2) is 6.45. The van der Waals surface area contributed by atoms with Gasteiger partial charge >= 0.3 is 12.1 Å². The van der Waals surface area contributed by atoms with Crippen LogP contribution in [0.4, 0.5) is 18.9 Å². The highest BCUT2D eigenvalue weighted by atomic mass is 19.4. The molecule has 0 atom stereocenters. The van der Waals surface area contributed by atoms with Crippen LogP contribution in [-0.4, -0.2) is 24.2 Å². The molecule has 0 aliphatic rings. The number of aliphatic carboxylic acids is 1.